The minimum absolute atomic E-state index is 0.0938. The van der Waals surface area contributed by atoms with E-state index in [1.807, 2.05) is 0 Å². The molecule has 3 heteroatoms. The first-order valence-corrected chi connectivity index (χ1v) is 7.62. The Morgan fingerprint density at radius 2 is 1.85 bits per heavy atom. The Balaban J connectivity index is 2.16. The van der Waals surface area contributed by atoms with Gasteiger partial charge in [-0.3, -0.25) is 0 Å². The molecule has 2 N–H and O–H groups in total. The van der Waals surface area contributed by atoms with Crippen LogP contribution in [0.4, 0.5) is 8.78 Å². The van der Waals surface area contributed by atoms with Gasteiger partial charge in [-0.2, -0.15) is 0 Å². The smallest absolute Gasteiger partial charge is 0.126 e. The molecule has 1 unspecified atom stereocenters. The van der Waals surface area contributed by atoms with Crippen LogP contribution in [0, 0.1) is 23.0 Å². The van der Waals surface area contributed by atoms with E-state index in [1.165, 1.54) is 25.0 Å². The van der Waals surface area contributed by atoms with Gasteiger partial charge in [-0.25, -0.2) is 8.78 Å². The molecular weight excluding hydrogens is 256 g/mol. The van der Waals surface area contributed by atoms with Crippen molar-refractivity contribution in [2.24, 2.45) is 17.1 Å². The third kappa shape index (κ3) is 3.38. The zero-order chi connectivity index (χ0) is 14.8. The first kappa shape index (κ1) is 15.4. The number of benzene rings is 1. The molecule has 0 radical (unpaired) electrons. The average Bonchev–Trinajstić information content (AvgIpc) is 2.82. The number of rotatable bonds is 5. The van der Waals surface area contributed by atoms with E-state index in [2.05, 4.69) is 13.8 Å². The summed E-state index contributed by atoms with van der Waals surface area (Å²) in [6, 6.07) is 3.54. The predicted molar refractivity (Wildman–Crippen MR) is 78.4 cm³/mol. The Morgan fingerprint density at radius 3 is 2.45 bits per heavy atom. The summed E-state index contributed by atoms with van der Waals surface area (Å²) < 4.78 is 27.1. The first-order valence-electron chi connectivity index (χ1n) is 7.62. The molecule has 0 amide bonds. The van der Waals surface area contributed by atoms with Crippen molar-refractivity contribution in [2.75, 3.05) is 0 Å². The number of halogens is 2. The summed E-state index contributed by atoms with van der Waals surface area (Å²) in [4.78, 5) is 0. The fraction of sp³-hybridized carbons (Fsp3) is 0.647. The van der Waals surface area contributed by atoms with Crippen molar-refractivity contribution in [3.63, 3.8) is 0 Å². The predicted octanol–water partition coefficient (Wildman–Crippen LogP) is 4.44. The quantitative estimate of drug-likeness (QED) is 0.848. The standard InChI is InChI=1S/C17H25F2N/c1-12(2)11-17(7-3-4-8-17)16(20)10-13-9-14(18)5-6-15(13)19/h5-6,9,12,16H,3-4,7-8,10-11,20H2,1-2H3. The SMILES string of the molecule is CC(C)CC1(C(N)Cc2cc(F)ccc2F)CCCC1. The highest BCUT2D eigenvalue weighted by molar-refractivity contribution is 5.20. The lowest BCUT2D eigenvalue weighted by molar-refractivity contribution is 0.181. The van der Waals surface area contributed by atoms with Gasteiger partial charge in [0, 0.05) is 6.04 Å². The molecule has 0 saturated heterocycles. The van der Waals surface area contributed by atoms with Gasteiger partial charge >= 0.3 is 0 Å². The molecule has 0 aliphatic heterocycles. The fourth-order valence-electron chi connectivity index (χ4n) is 3.77. The van der Waals surface area contributed by atoms with Crippen LogP contribution in [0.2, 0.25) is 0 Å². The molecule has 1 aliphatic carbocycles. The maximum absolute atomic E-state index is 13.8. The maximum atomic E-state index is 13.8. The van der Waals surface area contributed by atoms with Gasteiger partial charge in [0.15, 0.2) is 0 Å². The van der Waals surface area contributed by atoms with Crippen molar-refractivity contribution in [3.05, 3.63) is 35.4 Å². The lowest BCUT2D eigenvalue weighted by Crippen LogP contribution is -2.42. The van der Waals surface area contributed by atoms with E-state index < -0.39 is 5.82 Å². The largest absolute Gasteiger partial charge is 0.327 e. The van der Waals surface area contributed by atoms with Crippen LogP contribution in [-0.4, -0.2) is 6.04 Å². The number of hydrogen-bond acceptors (Lipinski definition) is 1. The van der Waals surface area contributed by atoms with Crippen LogP contribution in [0.25, 0.3) is 0 Å². The molecule has 1 nitrogen and oxygen atoms in total. The highest BCUT2D eigenvalue weighted by Gasteiger charge is 2.39. The average molecular weight is 281 g/mol. The number of nitrogens with two attached hydrogens (primary N) is 1. The Hall–Kier alpha value is -0.960. The maximum Gasteiger partial charge on any atom is 0.126 e. The summed E-state index contributed by atoms with van der Waals surface area (Å²) in [5.74, 6) is -0.158. The van der Waals surface area contributed by atoms with E-state index in [4.69, 9.17) is 5.73 Å². The van der Waals surface area contributed by atoms with Crippen molar-refractivity contribution < 1.29 is 8.78 Å². The second kappa shape index (κ2) is 6.21. The molecule has 112 valence electrons. The van der Waals surface area contributed by atoms with Crippen LogP contribution in [0.5, 0.6) is 0 Å². The summed E-state index contributed by atoms with van der Waals surface area (Å²) in [5.41, 5.74) is 6.94. The second-order valence-electron chi connectivity index (χ2n) is 6.71. The molecule has 20 heavy (non-hydrogen) atoms. The monoisotopic (exact) mass is 281 g/mol. The summed E-state index contributed by atoms with van der Waals surface area (Å²) in [7, 11) is 0. The van der Waals surface area contributed by atoms with E-state index in [0.717, 1.165) is 25.3 Å². The lowest BCUT2D eigenvalue weighted by atomic mass is 9.71. The van der Waals surface area contributed by atoms with Gasteiger partial charge < -0.3 is 5.73 Å². The molecule has 1 aromatic rings. The van der Waals surface area contributed by atoms with Gasteiger partial charge in [0.2, 0.25) is 0 Å². The summed E-state index contributed by atoms with van der Waals surface area (Å²) in [6.07, 6.45) is 6.13. The van der Waals surface area contributed by atoms with E-state index in [-0.39, 0.29) is 17.3 Å². The van der Waals surface area contributed by atoms with Crippen molar-refractivity contribution >= 4 is 0 Å². The van der Waals surface area contributed by atoms with Crippen molar-refractivity contribution in [3.8, 4) is 0 Å². The number of hydrogen-bond donors (Lipinski definition) is 1. The third-order valence-electron chi connectivity index (χ3n) is 4.65. The zero-order valence-electron chi connectivity index (χ0n) is 12.5. The zero-order valence-corrected chi connectivity index (χ0v) is 12.5. The van der Waals surface area contributed by atoms with E-state index >= 15 is 0 Å². The van der Waals surface area contributed by atoms with Gasteiger partial charge in [-0.05, 0) is 60.8 Å². The highest BCUT2D eigenvalue weighted by atomic mass is 19.1. The van der Waals surface area contributed by atoms with Crippen LogP contribution in [0.15, 0.2) is 18.2 Å². The summed E-state index contributed by atoms with van der Waals surface area (Å²) in [5, 5.41) is 0. The Kier molecular flexibility index (Phi) is 4.79. The van der Waals surface area contributed by atoms with E-state index in [1.54, 1.807) is 0 Å². The van der Waals surface area contributed by atoms with Crippen molar-refractivity contribution in [1.29, 1.82) is 0 Å². The van der Waals surface area contributed by atoms with Gasteiger partial charge in [0.05, 0.1) is 0 Å². The van der Waals surface area contributed by atoms with Gasteiger partial charge in [-0.1, -0.05) is 26.7 Å². The second-order valence-corrected chi connectivity index (χ2v) is 6.71. The highest BCUT2D eigenvalue weighted by Crippen LogP contribution is 2.46. The Bertz CT molecular complexity index is 450. The third-order valence-corrected chi connectivity index (χ3v) is 4.65. The van der Waals surface area contributed by atoms with Crippen LogP contribution < -0.4 is 5.73 Å². The van der Waals surface area contributed by atoms with Crippen LogP contribution >= 0.6 is 0 Å². The summed E-state index contributed by atoms with van der Waals surface area (Å²) in [6.45, 7) is 4.41. The molecule has 1 atom stereocenters. The Morgan fingerprint density at radius 1 is 1.20 bits per heavy atom. The molecule has 0 heterocycles. The minimum atomic E-state index is -0.391. The van der Waals surface area contributed by atoms with Crippen molar-refractivity contribution in [2.45, 2.75) is 58.4 Å². The molecule has 1 aromatic carbocycles. The van der Waals surface area contributed by atoms with Crippen LogP contribution in [0.1, 0.15) is 51.5 Å². The van der Waals surface area contributed by atoms with Crippen molar-refractivity contribution in [1.82, 2.24) is 0 Å². The van der Waals surface area contributed by atoms with E-state index in [0.29, 0.717) is 17.9 Å². The van der Waals surface area contributed by atoms with E-state index in [9.17, 15) is 8.78 Å². The first-order chi connectivity index (χ1) is 9.43. The molecule has 0 spiro atoms. The normalized spacial score (nSPS) is 19.5. The van der Waals surface area contributed by atoms with Gasteiger partial charge in [0.1, 0.15) is 11.6 Å². The molecule has 1 saturated carbocycles. The molecular formula is C17H25F2N. The molecule has 1 fully saturated rings. The summed E-state index contributed by atoms with van der Waals surface area (Å²) >= 11 is 0. The van der Waals surface area contributed by atoms with Gasteiger partial charge in [0.25, 0.3) is 0 Å². The lowest BCUT2D eigenvalue weighted by Gasteiger charge is -2.37. The fourth-order valence-corrected chi connectivity index (χ4v) is 3.77. The Labute approximate surface area is 120 Å². The molecule has 0 aromatic heterocycles. The topological polar surface area (TPSA) is 26.0 Å². The van der Waals surface area contributed by atoms with Crippen LogP contribution in [-0.2, 0) is 6.42 Å². The molecule has 0 bridgehead atoms. The van der Waals surface area contributed by atoms with Gasteiger partial charge in [-0.15, -0.1) is 0 Å². The molecule has 2 rings (SSSR count). The molecule has 1 aliphatic rings. The minimum Gasteiger partial charge on any atom is -0.327 e. The van der Waals surface area contributed by atoms with Crippen LogP contribution in [0.3, 0.4) is 0 Å².